The Hall–Kier alpha value is -3.18. The largest absolute Gasteiger partial charge is 0.378 e. The first-order valence-corrected chi connectivity index (χ1v) is 11.3. The number of nitrogens with zero attached hydrogens (tertiary/aromatic N) is 4. The Morgan fingerprint density at radius 2 is 1.68 bits per heavy atom. The molecule has 0 atom stereocenters. The number of benzene rings is 1. The second-order valence-corrected chi connectivity index (χ2v) is 8.87. The first-order chi connectivity index (χ1) is 14.8. The number of ether oxygens (including phenoxy) is 1. The van der Waals surface area contributed by atoms with Crippen LogP contribution in [0.5, 0.6) is 0 Å². The molecular weight excluding hydrogens is 420 g/mol. The van der Waals surface area contributed by atoms with Crippen LogP contribution >= 0.6 is 0 Å². The summed E-state index contributed by atoms with van der Waals surface area (Å²) >= 11 is 0. The lowest BCUT2D eigenvalue weighted by Crippen LogP contribution is -2.37. The first-order valence-electron chi connectivity index (χ1n) is 9.83. The number of nitrogens with one attached hydrogen (secondary N) is 2. The van der Waals surface area contributed by atoms with E-state index in [0.717, 1.165) is 24.5 Å². The van der Waals surface area contributed by atoms with Gasteiger partial charge in [-0.15, -0.1) is 0 Å². The topological polar surface area (TPSA) is 122 Å². The number of morpholine rings is 1. The molecule has 0 bridgehead atoms. The maximum atomic E-state index is 12.6. The Morgan fingerprint density at radius 3 is 2.32 bits per heavy atom. The van der Waals surface area contributed by atoms with Crippen molar-refractivity contribution in [3.8, 4) is 0 Å². The Kier molecular flexibility index (Phi) is 5.79. The van der Waals surface area contributed by atoms with Gasteiger partial charge in [-0.2, -0.15) is 4.98 Å². The molecule has 0 saturated carbocycles. The Morgan fingerprint density at radius 1 is 1.00 bits per heavy atom. The van der Waals surface area contributed by atoms with Crippen molar-refractivity contribution >= 4 is 33.2 Å². The van der Waals surface area contributed by atoms with E-state index in [0.29, 0.717) is 36.4 Å². The summed E-state index contributed by atoms with van der Waals surface area (Å²) < 4.78 is 38.2. The smallest absolute Gasteiger partial charge is 0.267 e. The quantitative estimate of drug-likeness (QED) is 0.591. The Bertz CT molecular complexity index is 1150. The van der Waals surface area contributed by atoms with Crippen LogP contribution in [0.15, 0.2) is 39.8 Å². The van der Waals surface area contributed by atoms with Crippen LogP contribution in [0.3, 0.4) is 0 Å². The zero-order chi connectivity index (χ0) is 22.0. The van der Waals surface area contributed by atoms with Crippen molar-refractivity contribution in [1.29, 1.82) is 0 Å². The lowest BCUT2D eigenvalue weighted by atomic mass is 10.3. The van der Waals surface area contributed by atoms with Gasteiger partial charge in [0.15, 0.2) is 10.7 Å². The molecular formula is C20H24N6O4S. The standard InChI is InChI=1S/C20H24N6O4S/c1-13-12-18(23-20(21-13)26-8-10-29-11-9-26)22-16-4-6-17(7-5-16)25-31(27,28)19-14(2)24-30-15(19)3/h4-7,12,25H,8-11H2,1-3H3,(H,21,22,23). The molecule has 10 nitrogen and oxygen atoms in total. The van der Waals surface area contributed by atoms with Gasteiger partial charge in [0.05, 0.1) is 13.2 Å². The molecule has 1 aliphatic heterocycles. The molecule has 0 amide bonds. The van der Waals surface area contributed by atoms with Crippen LogP contribution in [0.25, 0.3) is 0 Å². The molecule has 2 N–H and O–H groups in total. The third-order valence-electron chi connectivity index (χ3n) is 4.78. The molecule has 1 aromatic carbocycles. The van der Waals surface area contributed by atoms with Crippen LogP contribution in [0, 0.1) is 20.8 Å². The van der Waals surface area contributed by atoms with E-state index >= 15 is 0 Å². The highest BCUT2D eigenvalue weighted by Crippen LogP contribution is 2.24. The zero-order valence-electron chi connectivity index (χ0n) is 17.5. The first kappa shape index (κ1) is 21.1. The molecule has 0 aliphatic carbocycles. The third-order valence-corrected chi connectivity index (χ3v) is 6.41. The lowest BCUT2D eigenvalue weighted by Gasteiger charge is -2.27. The van der Waals surface area contributed by atoms with E-state index in [2.05, 4.69) is 30.1 Å². The van der Waals surface area contributed by atoms with Gasteiger partial charge < -0.3 is 19.5 Å². The summed E-state index contributed by atoms with van der Waals surface area (Å²) in [5.41, 5.74) is 2.37. The number of hydrogen-bond donors (Lipinski definition) is 2. The third kappa shape index (κ3) is 4.78. The van der Waals surface area contributed by atoms with Crippen molar-refractivity contribution < 1.29 is 17.7 Å². The van der Waals surface area contributed by atoms with Crippen molar-refractivity contribution in [1.82, 2.24) is 15.1 Å². The number of anilines is 4. The SMILES string of the molecule is Cc1cc(Nc2ccc(NS(=O)(=O)c3c(C)noc3C)cc2)nc(N2CCOCC2)n1. The van der Waals surface area contributed by atoms with Gasteiger partial charge in [-0.3, -0.25) is 4.72 Å². The monoisotopic (exact) mass is 444 g/mol. The minimum absolute atomic E-state index is 0.0572. The van der Waals surface area contributed by atoms with Crippen molar-refractivity contribution in [2.45, 2.75) is 25.7 Å². The van der Waals surface area contributed by atoms with Crippen LogP contribution in [-0.2, 0) is 14.8 Å². The van der Waals surface area contributed by atoms with Crippen molar-refractivity contribution in [3.63, 3.8) is 0 Å². The number of rotatable bonds is 6. The molecule has 31 heavy (non-hydrogen) atoms. The fourth-order valence-corrected chi connectivity index (χ4v) is 4.75. The Labute approximate surface area is 180 Å². The molecule has 0 unspecified atom stereocenters. The second-order valence-electron chi connectivity index (χ2n) is 7.26. The molecule has 3 aromatic rings. The summed E-state index contributed by atoms with van der Waals surface area (Å²) in [6, 6.07) is 8.76. The van der Waals surface area contributed by atoms with Gasteiger partial charge in [0.1, 0.15) is 11.5 Å². The van der Waals surface area contributed by atoms with E-state index in [4.69, 9.17) is 9.26 Å². The molecule has 0 spiro atoms. The number of sulfonamides is 1. The maximum Gasteiger partial charge on any atom is 0.267 e. The maximum absolute atomic E-state index is 12.6. The fraction of sp³-hybridized carbons (Fsp3) is 0.350. The number of aromatic nitrogens is 3. The highest BCUT2D eigenvalue weighted by Gasteiger charge is 2.24. The van der Waals surface area contributed by atoms with Gasteiger partial charge in [0.2, 0.25) is 5.95 Å². The van der Waals surface area contributed by atoms with E-state index in [1.165, 1.54) is 0 Å². The van der Waals surface area contributed by atoms with Crippen molar-refractivity contribution in [3.05, 3.63) is 47.5 Å². The van der Waals surface area contributed by atoms with Crippen molar-refractivity contribution in [2.75, 3.05) is 41.2 Å². The molecule has 3 heterocycles. The lowest BCUT2D eigenvalue weighted by molar-refractivity contribution is 0.122. The molecule has 0 radical (unpaired) electrons. The predicted molar refractivity (Wildman–Crippen MR) is 116 cm³/mol. The normalized spacial score (nSPS) is 14.5. The van der Waals surface area contributed by atoms with E-state index in [9.17, 15) is 8.42 Å². The minimum Gasteiger partial charge on any atom is -0.378 e. The Balaban J connectivity index is 1.48. The molecule has 164 valence electrons. The number of hydrogen-bond acceptors (Lipinski definition) is 9. The van der Waals surface area contributed by atoms with Gasteiger partial charge >= 0.3 is 0 Å². The van der Waals surface area contributed by atoms with Crippen LogP contribution < -0.4 is 14.9 Å². The summed E-state index contributed by atoms with van der Waals surface area (Å²) in [5.74, 6) is 1.58. The van der Waals surface area contributed by atoms with Gasteiger partial charge in [-0.25, -0.2) is 13.4 Å². The minimum atomic E-state index is -3.79. The fourth-order valence-electron chi connectivity index (χ4n) is 3.36. The van der Waals surface area contributed by atoms with E-state index in [-0.39, 0.29) is 10.7 Å². The van der Waals surface area contributed by atoms with E-state index in [1.54, 1.807) is 38.1 Å². The molecule has 1 saturated heterocycles. The summed E-state index contributed by atoms with van der Waals surface area (Å²) in [6.07, 6.45) is 0. The second kappa shape index (κ2) is 8.52. The van der Waals surface area contributed by atoms with Gasteiger partial charge in [0, 0.05) is 36.2 Å². The van der Waals surface area contributed by atoms with Crippen LogP contribution in [0.1, 0.15) is 17.1 Å². The molecule has 4 rings (SSSR count). The summed E-state index contributed by atoms with van der Waals surface area (Å²) in [5, 5.41) is 6.96. The van der Waals surface area contributed by atoms with E-state index < -0.39 is 10.0 Å². The average molecular weight is 445 g/mol. The number of aryl methyl sites for hydroxylation is 3. The van der Waals surface area contributed by atoms with E-state index in [1.807, 2.05) is 13.0 Å². The van der Waals surface area contributed by atoms with Crippen LogP contribution in [-0.4, -0.2) is 49.8 Å². The summed E-state index contributed by atoms with van der Waals surface area (Å²) in [4.78, 5) is 11.3. The predicted octanol–water partition coefficient (Wildman–Crippen LogP) is 2.77. The zero-order valence-corrected chi connectivity index (χ0v) is 18.4. The van der Waals surface area contributed by atoms with Gasteiger partial charge in [0.25, 0.3) is 10.0 Å². The highest BCUT2D eigenvalue weighted by atomic mass is 32.2. The van der Waals surface area contributed by atoms with Crippen molar-refractivity contribution in [2.24, 2.45) is 0 Å². The highest BCUT2D eigenvalue weighted by molar-refractivity contribution is 7.92. The van der Waals surface area contributed by atoms with Gasteiger partial charge in [-0.05, 0) is 45.0 Å². The molecule has 1 aliphatic rings. The van der Waals surface area contributed by atoms with Crippen LogP contribution in [0.4, 0.5) is 23.1 Å². The summed E-state index contributed by atoms with van der Waals surface area (Å²) in [6.45, 7) is 7.90. The average Bonchev–Trinajstić information content (AvgIpc) is 3.08. The van der Waals surface area contributed by atoms with Crippen LogP contribution in [0.2, 0.25) is 0 Å². The molecule has 1 fully saturated rings. The molecule has 11 heteroatoms. The molecule has 2 aromatic heterocycles. The summed E-state index contributed by atoms with van der Waals surface area (Å²) in [7, 11) is -3.79. The van der Waals surface area contributed by atoms with Gasteiger partial charge in [-0.1, -0.05) is 5.16 Å².